The Morgan fingerprint density at radius 1 is 0.800 bits per heavy atom. The van der Waals surface area contributed by atoms with Gasteiger partial charge in [0, 0.05) is 0 Å². The molecule has 1 aliphatic heterocycles. The van der Waals surface area contributed by atoms with Crippen LogP contribution in [0.15, 0.2) is 12.2 Å². The predicted molar refractivity (Wildman–Crippen MR) is 68.2 cm³/mol. The molecule has 0 aliphatic carbocycles. The highest BCUT2D eigenvalue weighted by Crippen LogP contribution is 2.09. The summed E-state index contributed by atoms with van der Waals surface area (Å²) in [6, 6.07) is 0. The molecule has 0 fully saturated rings. The summed E-state index contributed by atoms with van der Waals surface area (Å²) in [7, 11) is 0. The maximum absolute atomic E-state index is 2.60. The molecule has 0 saturated heterocycles. The molecule has 0 atom stereocenters. The van der Waals surface area contributed by atoms with Crippen LogP contribution in [-0.2, 0) is 0 Å². The van der Waals surface area contributed by atoms with Crippen molar-refractivity contribution < 1.29 is 0 Å². The van der Waals surface area contributed by atoms with Gasteiger partial charge in [-0.1, -0.05) is 38.3 Å². The fourth-order valence-corrected chi connectivity index (χ4v) is 2.22. The quantitative estimate of drug-likeness (QED) is 0.590. The third-order valence-electron chi connectivity index (χ3n) is 3.30. The molecule has 1 heterocycles. The maximum Gasteiger partial charge on any atom is -0.00159 e. The lowest BCUT2D eigenvalue weighted by Gasteiger charge is -2.19. The molecular formula is C14H27N. The van der Waals surface area contributed by atoms with Crippen LogP contribution in [0, 0.1) is 0 Å². The van der Waals surface area contributed by atoms with Crippen molar-refractivity contribution in [1.82, 2.24) is 4.90 Å². The van der Waals surface area contributed by atoms with Gasteiger partial charge in [-0.15, -0.1) is 0 Å². The van der Waals surface area contributed by atoms with Gasteiger partial charge in [0.25, 0.3) is 0 Å². The Kier molecular flexibility index (Phi) is 7.63. The normalized spacial score (nSPS) is 24.9. The van der Waals surface area contributed by atoms with Gasteiger partial charge < -0.3 is 4.90 Å². The minimum Gasteiger partial charge on any atom is -0.304 e. The molecule has 0 saturated carbocycles. The van der Waals surface area contributed by atoms with Crippen LogP contribution < -0.4 is 0 Å². The van der Waals surface area contributed by atoms with Crippen molar-refractivity contribution in [3.63, 3.8) is 0 Å². The molecule has 0 bridgehead atoms. The Bertz CT molecular complexity index is 163. The number of rotatable bonds is 1. The van der Waals surface area contributed by atoms with Gasteiger partial charge in [-0.25, -0.2) is 0 Å². The van der Waals surface area contributed by atoms with Crippen LogP contribution in [0.2, 0.25) is 0 Å². The molecule has 0 spiro atoms. The number of hydrogen-bond acceptors (Lipinski definition) is 1. The SMILES string of the molecule is CCN1CCC/C=C\CCCCCCC1. The van der Waals surface area contributed by atoms with Crippen LogP contribution in [0.5, 0.6) is 0 Å². The second-order valence-corrected chi connectivity index (χ2v) is 4.60. The molecule has 0 radical (unpaired) electrons. The van der Waals surface area contributed by atoms with Gasteiger partial charge in [-0.3, -0.25) is 0 Å². The highest BCUT2D eigenvalue weighted by molar-refractivity contribution is 4.81. The molecule has 0 N–H and O–H groups in total. The lowest BCUT2D eigenvalue weighted by Crippen LogP contribution is -2.25. The molecule has 0 aromatic heterocycles. The second kappa shape index (κ2) is 8.96. The Morgan fingerprint density at radius 2 is 1.40 bits per heavy atom. The molecule has 88 valence electrons. The van der Waals surface area contributed by atoms with Gasteiger partial charge in [0.2, 0.25) is 0 Å². The van der Waals surface area contributed by atoms with Crippen LogP contribution in [0.25, 0.3) is 0 Å². The molecular weight excluding hydrogens is 182 g/mol. The third-order valence-corrected chi connectivity index (χ3v) is 3.30. The van der Waals surface area contributed by atoms with E-state index in [9.17, 15) is 0 Å². The second-order valence-electron chi connectivity index (χ2n) is 4.60. The van der Waals surface area contributed by atoms with Crippen LogP contribution in [0.1, 0.15) is 58.3 Å². The van der Waals surface area contributed by atoms with E-state index in [2.05, 4.69) is 24.0 Å². The first-order chi connectivity index (χ1) is 7.43. The molecule has 0 aromatic carbocycles. The summed E-state index contributed by atoms with van der Waals surface area (Å²) in [4.78, 5) is 2.60. The zero-order valence-corrected chi connectivity index (χ0v) is 10.4. The van der Waals surface area contributed by atoms with Crippen LogP contribution >= 0.6 is 0 Å². The van der Waals surface area contributed by atoms with Gasteiger partial charge in [-0.2, -0.15) is 0 Å². The first kappa shape index (κ1) is 12.8. The van der Waals surface area contributed by atoms with Crippen LogP contribution in [0.3, 0.4) is 0 Å². The first-order valence-corrected chi connectivity index (χ1v) is 6.81. The van der Waals surface area contributed by atoms with Crippen molar-refractivity contribution >= 4 is 0 Å². The number of nitrogens with zero attached hydrogens (tertiary/aromatic N) is 1. The van der Waals surface area contributed by atoms with Gasteiger partial charge >= 0.3 is 0 Å². The summed E-state index contributed by atoms with van der Waals surface area (Å²) < 4.78 is 0. The predicted octanol–water partition coefficient (Wildman–Crippen LogP) is 4.00. The number of hydrogen-bond donors (Lipinski definition) is 0. The summed E-state index contributed by atoms with van der Waals surface area (Å²) in [6.07, 6.45) is 15.8. The highest BCUT2D eigenvalue weighted by Gasteiger charge is 2.01. The van der Waals surface area contributed by atoms with Crippen molar-refractivity contribution in [1.29, 1.82) is 0 Å². The first-order valence-electron chi connectivity index (χ1n) is 6.81. The molecule has 0 amide bonds. The molecule has 0 aromatic rings. The number of allylic oxidation sites excluding steroid dienone is 2. The molecule has 15 heavy (non-hydrogen) atoms. The largest absolute Gasteiger partial charge is 0.304 e. The van der Waals surface area contributed by atoms with Gasteiger partial charge in [0.05, 0.1) is 0 Å². The van der Waals surface area contributed by atoms with E-state index in [0.29, 0.717) is 0 Å². The Balaban J connectivity index is 2.25. The summed E-state index contributed by atoms with van der Waals surface area (Å²) in [5.74, 6) is 0. The van der Waals surface area contributed by atoms with Crippen molar-refractivity contribution in [2.45, 2.75) is 58.3 Å². The Labute approximate surface area is 95.5 Å². The summed E-state index contributed by atoms with van der Waals surface area (Å²) in [5.41, 5.74) is 0. The highest BCUT2D eigenvalue weighted by atomic mass is 15.1. The smallest absolute Gasteiger partial charge is 0.00159 e. The van der Waals surface area contributed by atoms with E-state index in [1.165, 1.54) is 71.0 Å². The lowest BCUT2D eigenvalue weighted by atomic mass is 10.1. The monoisotopic (exact) mass is 209 g/mol. The zero-order chi connectivity index (χ0) is 10.8. The average Bonchev–Trinajstić information content (AvgIpc) is 2.29. The topological polar surface area (TPSA) is 3.24 Å². The Hall–Kier alpha value is -0.300. The molecule has 1 rings (SSSR count). The van der Waals surface area contributed by atoms with E-state index in [1.807, 2.05) is 0 Å². The van der Waals surface area contributed by atoms with Gasteiger partial charge in [0.1, 0.15) is 0 Å². The van der Waals surface area contributed by atoms with E-state index < -0.39 is 0 Å². The van der Waals surface area contributed by atoms with E-state index >= 15 is 0 Å². The molecule has 1 heteroatoms. The van der Waals surface area contributed by atoms with Crippen molar-refractivity contribution in [3.05, 3.63) is 12.2 Å². The van der Waals surface area contributed by atoms with Gasteiger partial charge in [0.15, 0.2) is 0 Å². The minimum absolute atomic E-state index is 1.23. The summed E-state index contributed by atoms with van der Waals surface area (Å²) in [6.45, 7) is 6.12. The zero-order valence-electron chi connectivity index (χ0n) is 10.4. The molecule has 0 unspecified atom stereocenters. The van der Waals surface area contributed by atoms with E-state index in [4.69, 9.17) is 0 Å². The Morgan fingerprint density at radius 3 is 2.20 bits per heavy atom. The summed E-state index contributed by atoms with van der Waals surface area (Å²) in [5, 5.41) is 0. The van der Waals surface area contributed by atoms with Crippen molar-refractivity contribution in [2.24, 2.45) is 0 Å². The third kappa shape index (κ3) is 6.72. The fourth-order valence-electron chi connectivity index (χ4n) is 2.22. The van der Waals surface area contributed by atoms with E-state index in [0.717, 1.165) is 0 Å². The van der Waals surface area contributed by atoms with Gasteiger partial charge in [-0.05, 0) is 51.7 Å². The van der Waals surface area contributed by atoms with E-state index in [-0.39, 0.29) is 0 Å². The van der Waals surface area contributed by atoms with Crippen LogP contribution in [0.4, 0.5) is 0 Å². The molecule has 1 aliphatic rings. The van der Waals surface area contributed by atoms with Crippen LogP contribution in [-0.4, -0.2) is 24.5 Å². The lowest BCUT2D eigenvalue weighted by molar-refractivity contribution is 0.278. The standard InChI is InChI=1S/C14H27N/c1-2-15-13-11-9-7-5-3-4-6-8-10-12-14-15/h5,7H,2-4,6,8-14H2,1H3/b7-5-. The average molecular weight is 209 g/mol. The maximum atomic E-state index is 2.60. The fraction of sp³-hybridized carbons (Fsp3) is 0.857. The minimum atomic E-state index is 1.23. The van der Waals surface area contributed by atoms with Crippen molar-refractivity contribution in [3.8, 4) is 0 Å². The van der Waals surface area contributed by atoms with E-state index in [1.54, 1.807) is 0 Å². The molecule has 1 nitrogen and oxygen atoms in total. The van der Waals surface area contributed by atoms with Crippen molar-refractivity contribution in [2.75, 3.05) is 19.6 Å². The summed E-state index contributed by atoms with van der Waals surface area (Å²) >= 11 is 0.